The Morgan fingerprint density at radius 2 is 1.81 bits per heavy atom. The Morgan fingerprint density at radius 3 is 2.56 bits per heavy atom. The van der Waals surface area contributed by atoms with Gasteiger partial charge in [0.1, 0.15) is 24.2 Å². The van der Waals surface area contributed by atoms with E-state index in [-0.39, 0.29) is 24.1 Å². The van der Waals surface area contributed by atoms with Crippen molar-refractivity contribution in [3.8, 4) is 16.9 Å². The number of hydrogen-bond donors (Lipinski definition) is 1. The summed E-state index contributed by atoms with van der Waals surface area (Å²) in [4.78, 5) is 25.0. The molecule has 32 heavy (non-hydrogen) atoms. The summed E-state index contributed by atoms with van der Waals surface area (Å²) in [5, 5.41) is 0.463. The fraction of sp³-hybridized carbons (Fsp3) is 0.154. The number of nitrogen functional groups attached to an aromatic ring is 1. The van der Waals surface area contributed by atoms with Gasteiger partial charge in [-0.2, -0.15) is 0 Å². The molecular formula is C26H23NO5. The summed E-state index contributed by atoms with van der Waals surface area (Å²) < 4.78 is 16.8. The predicted molar refractivity (Wildman–Crippen MR) is 124 cm³/mol. The van der Waals surface area contributed by atoms with Crippen LogP contribution in [-0.4, -0.2) is 12.1 Å². The molecule has 0 atom stereocenters. The number of benzene rings is 3. The first kappa shape index (κ1) is 21.2. The maximum atomic E-state index is 12.9. The molecule has 4 aromatic rings. The highest BCUT2D eigenvalue weighted by atomic mass is 16.5. The summed E-state index contributed by atoms with van der Waals surface area (Å²) in [6.07, 6.45) is 1.26. The van der Waals surface area contributed by atoms with E-state index < -0.39 is 0 Å². The lowest BCUT2D eigenvalue weighted by molar-refractivity contribution is 0.0377. The van der Waals surface area contributed by atoms with Crippen LogP contribution >= 0.6 is 0 Å². The minimum Gasteiger partial charge on any atom is -0.489 e. The zero-order valence-corrected chi connectivity index (χ0v) is 17.8. The Labute approximate surface area is 185 Å². The van der Waals surface area contributed by atoms with E-state index in [4.69, 9.17) is 19.6 Å². The van der Waals surface area contributed by atoms with Gasteiger partial charge in [-0.05, 0) is 61.4 Å². The second-order valence-corrected chi connectivity index (χ2v) is 7.70. The molecule has 0 aliphatic heterocycles. The molecule has 4 rings (SSSR count). The lowest BCUT2D eigenvalue weighted by Gasteiger charge is -2.10. The van der Waals surface area contributed by atoms with Crippen LogP contribution in [0.2, 0.25) is 0 Å². The van der Waals surface area contributed by atoms with Gasteiger partial charge in [0, 0.05) is 11.8 Å². The minimum absolute atomic E-state index is 0.126. The third kappa shape index (κ3) is 4.64. The monoisotopic (exact) mass is 429 g/mol. The van der Waals surface area contributed by atoms with Gasteiger partial charge in [0.05, 0.1) is 22.6 Å². The normalized spacial score (nSPS) is 11.0. The average molecular weight is 429 g/mol. The van der Waals surface area contributed by atoms with Gasteiger partial charge in [-0.1, -0.05) is 24.3 Å². The van der Waals surface area contributed by atoms with Crippen LogP contribution < -0.4 is 15.9 Å². The van der Waals surface area contributed by atoms with E-state index in [0.29, 0.717) is 33.5 Å². The molecule has 0 aliphatic rings. The molecule has 0 radical (unpaired) electrons. The van der Waals surface area contributed by atoms with Crippen molar-refractivity contribution in [2.45, 2.75) is 26.6 Å². The number of hydrogen-bond acceptors (Lipinski definition) is 6. The molecule has 0 amide bonds. The highest BCUT2D eigenvalue weighted by Crippen LogP contribution is 2.24. The molecule has 0 saturated heterocycles. The van der Waals surface area contributed by atoms with E-state index in [0.717, 1.165) is 11.1 Å². The number of anilines is 1. The van der Waals surface area contributed by atoms with Crippen LogP contribution in [0.3, 0.4) is 0 Å². The number of fused-ring (bicyclic) bond motifs is 1. The van der Waals surface area contributed by atoms with Crippen LogP contribution in [0.5, 0.6) is 5.75 Å². The largest absolute Gasteiger partial charge is 0.489 e. The van der Waals surface area contributed by atoms with Crippen LogP contribution in [0.25, 0.3) is 22.1 Å². The maximum Gasteiger partial charge on any atom is 0.338 e. The Balaban J connectivity index is 1.53. The molecule has 6 nitrogen and oxygen atoms in total. The standard InChI is InChI=1S/C26H23NO5/c1-16(2)32-26(29)19-5-3-4-17(12-19)14-30-21-10-11-22-24(13-21)31-15-23(25(22)28)18-6-8-20(27)9-7-18/h3-13,15-16H,14,27H2,1-2H3. The second kappa shape index (κ2) is 8.98. The lowest BCUT2D eigenvalue weighted by Crippen LogP contribution is -2.12. The van der Waals surface area contributed by atoms with Crippen molar-refractivity contribution in [2.75, 3.05) is 5.73 Å². The summed E-state index contributed by atoms with van der Waals surface area (Å²) in [6, 6.07) is 19.3. The topological polar surface area (TPSA) is 91.8 Å². The first-order valence-electron chi connectivity index (χ1n) is 10.2. The smallest absolute Gasteiger partial charge is 0.338 e. The molecule has 2 N–H and O–H groups in total. The summed E-state index contributed by atoms with van der Waals surface area (Å²) in [5.74, 6) is 0.183. The number of carbonyl (C=O) groups excluding carboxylic acids is 1. The van der Waals surface area contributed by atoms with Crippen LogP contribution in [0.4, 0.5) is 5.69 Å². The summed E-state index contributed by atoms with van der Waals surface area (Å²) >= 11 is 0. The minimum atomic E-state index is -0.369. The van der Waals surface area contributed by atoms with Crippen molar-refractivity contribution < 1.29 is 18.7 Å². The molecule has 1 aromatic heterocycles. The molecule has 0 saturated carbocycles. The fourth-order valence-electron chi connectivity index (χ4n) is 3.30. The number of carbonyl (C=O) groups is 1. The highest BCUT2D eigenvalue weighted by Gasteiger charge is 2.12. The summed E-state index contributed by atoms with van der Waals surface area (Å²) in [7, 11) is 0. The number of esters is 1. The van der Waals surface area contributed by atoms with E-state index in [9.17, 15) is 9.59 Å². The molecule has 6 heteroatoms. The summed E-state index contributed by atoms with van der Waals surface area (Å²) in [6.45, 7) is 3.87. The average Bonchev–Trinajstić information content (AvgIpc) is 2.78. The van der Waals surface area contributed by atoms with Gasteiger partial charge >= 0.3 is 5.97 Å². The van der Waals surface area contributed by atoms with Crippen LogP contribution in [-0.2, 0) is 11.3 Å². The molecule has 1 heterocycles. The molecular weight excluding hydrogens is 406 g/mol. The van der Waals surface area contributed by atoms with Crippen molar-refractivity contribution >= 4 is 22.6 Å². The molecule has 3 aromatic carbocycles. The molecule has 0 spiro atoms. The quantitative estimate of drug-likeness (QED) is 0.335. The number of rotatable bonds is 6. The zero-order valence-electron chi connectivity index (χ0n) is 17.8. The van der Waals surface area contributed by atoms with Gasteiger partial charge in [-0.15, -0.1) is 0 Å². The van der Waals surface area contributed by atoms with E-state index >= 15 is 0 Å². The van der Waals surface area contributed by atoms with Crippen molar-refractivity contribution in [2.24, 2.45) is 0 Å². The molecule has 0 aliphatic carbocycles. The highest BCUT2D eigenvalue weighted by molar-refractivity contribution is 5.89. The third-order valence-electron chi connectivity index (χ3n) is 4.88. The van der Waals surface area contributed by atoms with Crippen LogP contribution in [0.1, 0.15) is 29.8 Å². The molecule has 162 valence electrons. The summed E-state index contributed by atoms with van der Waals surface area (Å²) in [5.41, 5.74) is 9.16. The van der Waals surface area contributed by atoms with E-state index in [1.807, 2.05) is 19.9 Å². The van der Waals surface area contributed by atoms with Gasteiger partial charge in [-0.3, -0.25) is 4.79 Å². The van der Waals surface area contributed by atoms with E-state index in [2.05, 4.69) is 0 Å². The molecule has 0 bridgehead atoms. The first-order chi connectivity index (χ1) is 15.4. The van der Waals surface area contributed by atoms with E-state index in [1.165, 1.54) is 6.26 Å². The van der Waals surface area contributed by atoms with Crippen molar-refractivity contribution in [3.05, 3.63) is 94.3 Å². The Morgan fingerprint density at radius 1 is 1.03 bits per heavy atom. The van der Waals surface area contributed by atoms with Gasteiger partial charge in [-0.25, -0.2) is 4.79 Å². The van der Waals surface area contributed by atoms with Crippen molar-refractivity contribution in [3.63, 3.8) is 0 Å². The maximum absolute atomic E-state index is 12.9. The van der Waals surface area contributed by atoms with E-state index in [1.54, 1.807) is 60.7 Å². The Kier molecular flexibility index (Phi) is 5.94. The molecule has 0 unspecified atom stereocenters. The van der Waals surface area contributed by atoms with Gasteiger partial charge in [0.15, 0.2) is 5.43 Å². The predicted octanol–water partition coefficient (Wildman–Crippen LogP) is 5.19. The van der Waals surface area contributed by atoms with Gasteiger partial charge in [0.2, 0.25) is 0 Å². The van der Waals surface area contributed by atoms with Crippen molar-refractivity contribution in [1.82, 2.24) is 0 Å². The first-order valence-corrected chi connectivity index (χ1v) is 10.2. The van der Waals surface area contributed by atoms with Crippen molar-refractivity contribution in [1.29, 1.82) is 0 Å². The Bertz CT molecular complexity index is 1320. The van der Waals surface area contributed by atoms with Gasteiger partial charge < -0.3 is 19.6 Å². The third-order valence-corrected chi connectivity index (χ3v) is 4.88. The second-order valence-electron chi connectivity index (χ2n) is 7.70. The van der Waals surface area contributed by atoms with Crippen LogP contribution in [0, 0.1) is 0 Å². The number of ether oxygens (including phenoxy) is 2. The zero-order chi connectivity index (χ0) is 22.7. The number of nitrogens with two attached hydrogens (primary N) is 1. The SMILES string of the molecule is CC(C)OC(=O)c1cccc(COc2ccc3c(=O)c(-c4ccc(N)cc4)coc3c2)c1. The molecule has 0 fully saturated rings. The fourth-order valence-corrected chi connectivity index (χ4v) is 3.30. The van der Waals surface area contributed by atoms with Crippen LogP contribution in [0.15, 0.2) is 82.2 Å². The Hall–Kier alpha value is -4.06. The van der Waals surface area contributed by atoms with Gasteiger partial charge in [0.25, 0.3) is 0 Å². The lowest BCUT2D eigenvalue weighted by atomic mass is 10.1.